The minimum atomic E-state index is -1.23. The van der Waals surface area contributed by atoms with E-state index in [1.807, 2.05) is 43.3 Å². The summed E-state index contributed by atoms with van der Waals surface area (Å²) in [4.78, 5) is 34.9. The molecule has 0 saturated heterocycles. The van der Waals surface area contributed by atoms with Crippen LogP contribution >= 0.6 is 0 Å². The molecule has 31 heavy (non-hydrogen) atoms. The largest absolute Gasteiger partial charge is 0.550 e. The third-order valence-corrected chi connectivity index (χ3v) is 5.32. The number of carbonyl (C=O) groups excluding carboxylic acids is 2. The number of rotatable bonds is 7. The molecule has 0 saturated carbocycles. The van der Waals surface area contributed by atoms with Crippen LogP contribution in [0.5, 0.6) is 0 Å². The fourth-order valence-electron chi connectivity index (χ4n) is 3.67. The lowest BCUT2D eigenvalue weighted by Crippen LogP contribution is -2.31. The molecule has 2 aromatic heterocycles. The number of fused-ring (bicyclic) bond motifs is 2. The molecule has 7 nitrogen and oxygen atoms in total. The van der Waals surface area contributed by atoms with Gasteiger partial charge in [-0.1, -0.05) is 30.3 Å². The van der Waals surface area contributed by atoms with Crippen LogP contribution in [0, 0.1) is 6.92 Å². The zero-order chi connectivity index (χ0) is 22.0. The highest BCUT2D eigenvalue weighted by Crippen LogP contribution is 2.34. The van der Waals surface area contributed by atoms with Crippen LogP contribution in [0.15, 0.2) is 62.4 Å². The van der Waals surface area contributed by atoms with Gasteiger partial charge in [-0.25, -0.2) is 4.79 Å². The van der Waals surface area contributed by atoms with Crippen molar-refractivity contribution in [3.8, 4) is 11.1 Å². The van der Waals surface area contributed by atoms with Gasteiger partial charge in [0, 0.05) is 53.3 Å². The average molecular weight is 418 g/mol. The van der Waals surface area contributed by atoms with E-state index < -0.39 is 11.6 Å². The van der Waals surface area contributed by atoms with Crippen LogP contribution in [-0.2, 0) is 16.0 Å². The summed E-state index contributed by atoms with van der Waals surface area (Å²) in [7, 11) is 0. The smallest absolute Gasteiger partial charge is 0.339 e. The molecular weight excluding hydrogens is 398 g/mol. The van der Waals surface area contributed by atoms with Crippen LogP contribution in [0.3, 0.4) is 0 Å². The second kappa shape index (κ2) is 8.47. The number of aryl methyl sites for hydroxylation is 1. The third kappa shape index (κ3) is 4.21. The Morgan fingerprint density at radius 1 is 1.03 bits per heavy atom. The molecule has 4 aromatic rings. The molecule has 0 aliphatic rings. The molecule has 0 bridgehead atoms. The van der Waals surface area contributed by atoms with E-state index in [0.29, 0.717) is 16.7 Å². The minimum absolute atomic E-state index is 0.00674. The number of carboxylic acid groups (broad SMARTS) is 1. The van der Waals surface area contributed by atoms with Crippen molar-refractivity contribution >= 4 is 33.8 Å². The summed E-state index contributed by atoms with van der Waals surface area (Å²) in [6, 6.07) is 13.5. The summed E-state index contributed by atoms with van der Waals surface area (Å²) in [6.45, 7) is 1.82. The Labute approximate surface area is 177 Å². The first-order valence-electron chi connectivity index (χ1n) is 9.93. The van der Waals surface area contributed by atoms with Crippen molar-refractivity contribution in [2.24, 2.45) is 0 Å². The summed E-state index contributed by atoms with van der Waals surface area (Å²) in [5, 5.41) is 14.6. The van der Waals surface area contributed by atoms with E-state index in [1.54, 1.807) is 12.3 Å². The van der Waals surface area contributed by atoms with Gasteiger partial charge in [-0.2, -0.15) is 0 Å². The van der Waals surface area contributed by atoms with Crippen LogP contribution in [-0.4, -0.2) is 18.4 Å². The highest BCUT2D eigenvalue weighted by molar-refractivity contribution is 6.02. The normalized spacial score (nSPS) is 11.1. The van der Waals surface area contributed by atoms with Gasteiger partial charge >= 0.3 is 5.63 Å². The summed E-state index contributed by atoms with van der Waals surface area (Å²) in [6.07, 6.45) is 1.67. The van der Waals surface area contributed by atoms with Crippen molar-refractivity contribution in [2.45, 2.75) is 26.2 Å². The van der Waals surface area contributed by atoms with Gasteiger partial charge in [0.15, 0.2) is 0 Å². The molecule has 0 spiro atoms. The number of nitrogens with one attached hydrogen (secondary N) is 1. The molecule has 1 amide bonds. The number of hydrogen-bond acceptors (Lipinski definition) is 6. The van der Waals surface area contributed by atoms with Crippen molar-refractivity contribution in [3.63, 3.8) is 0 Å². The van der Waals surface area contributed by atoms with E-state index in [9.17, 15) is 19.5 Å². The van der Waals surface area contributed by atoms with Crippen molar-refractivity contribution in [3.05, 3.63) is 70.3 Å². The molecule has 4 rings (SSSR count). The number of aliphatic carboxylic acids is 1. The maximum absolute atomic E-state index is 12.5. The molecule has 0 radical (unpaired) electrons. The Bertz CT molecular complexity index is 1330. The van der Waals surface area contributed by atoms with E-state index in [2.05, 4.69) is 5.32 Å². The highest BCUT2D eigenvalue weighted by atomic mass is 16.4. The fraction of sp³-hybridized carbons (Fsp3) is 0.208. The van der Waals surface area contributed by atoms with Crippen LogP contribution < -0.4 is 16.0 Å². The predicted molar refractivity (Wildman–Crippen MR) is 113 cm³/mol. The number of benzene rings is 2. The van der Waals surface area contributed by atoms with Crippen molar-refractivity contribution in [2.75, 3.05) is 6.54 Å². The molecule has 158 valence electrons. The Hall–Kier alpha value is -3.87. The zero-order valence-electron chi connectivity index (χ0n) is 16.9. The van der Waals surface area contributed by atoms with E-state index in [-0.39, 0.29) is 31.7 Å². The van der Waals surface area contributed by atoms with Gasteiger partial charge in [0.25, 0.3) is 0 Å². The van der Waals surface area contributed by atoms with Gasteiger partial charge in [0.2, 0.25) is 5.91 Å². The molecule has 1 N–H and O–H groups in total. The van der Waals surface area contributed by atoms with E-state index >= 15 is 0 Å². The summed E-state index contributed by atoms with van der Waals surface area (Å²) in [5.41, 5.74) is 3.67. The molecule has 0 aliphatic heterocycles. The van der Waals surface area contributed by atoms with Gasteiger partial charge in [-0.15, -0.1) is 0 Å². The van der Waals surface area contributed by atoms with Gasteiger partial charge in [0.05, 0.1) is 6.26 Å². The van der Waals surface area contributed by atoms with E-state index in [1.165, 1.54) is 0 Å². The molecule has 0 unspecified atom stereocenters. The molecular formula is C24H20NO6-. The Morgan fingerprint density at radius 2 is 1.81 bits per heavy atom. The SMILES string of the molecule is Cc1c(CCC(=O)NCCC(=O)[O-])c(=O)oc2cc3occ(-c4ccccc4)c3cc12. The monoisotopic (exact) mass is 418 g/mol. The van der Waals surface area contributed by atoms with Crippen LogP contribution in [0.25, 0.3) is 33.1 Å². The van der Waals surface area contributed by atoms with Crippen molar-refractivity contribution in [1.29, 1.82) is 0 Å². The number of amides is 1. The first kappa shape index (κ1) is 20.4. The lowest BCUT2D eigenvalue weighted by Gasteiger charge is -2.09. The standard InChI is InChI=1S/C24H21NO6/c1-14-16(7-8-22(26)25-10-9-23(27)28)24(29)31-21-12-20-18(11-17(14)21)19(13-30-20)15-5-3-2-4-6-15/h2-6,11-13H,7-10H2,1H3,(H,25,26)(H,27,28)/p-1. The topological polar surface area (TPSA) is 113 Å². The first-order chi connectivity index (χ1) is 14.9. The Kier molecular flexibility index (Phi) is 5.58. The lowest BCUT2D eigenvalue weighted by molar-refractivity contribution is -0.305. The third-order valence-electron chi connectivity index (χ3n) is 5.32. The predicted octanol–water partition coefficient (Wildman–Crippen LogP) is 2.70. The maximum Gasteiger partial charge on any atom is 0.339 e. The fourth-order valence-corrected chi connectivity index (χ4v) is 3.67. The van der Waals surface area contributed by atoms with E-state index in [4.69, 9.17) is 8.83 Å². The van der Waals surface area contributed by atoms with Crippen molar-refractivity contribution in [1.82, 2.24) is 5.32 Å². The van der Waals surface area contributed by atoms with E-state index in [0.717, 1.165) is 27.5 Å². The van der Waals surface area contributed by atoms with Crippen LogP contribution in [0.4, 0.5) is 0 Å². The number of carbonyl (C=O) groups is 2. The molecule has 2 aromatic carbocycles. The van der Waals surface area contributed by atoms with Gasteiger partial charge in [0.1, 0.15) is 11.2 Å². The molecule has 2 heterocycles. The Morgan fingerprint density at radius 3 is 2.55 bits per heavy atom. The number of hydrogen-bond donors (Lipinski definition) is 1. The lowest BCUT2D eigenvalue weighted by atomic mass is 9.99. The molecule has 0 fully saturated rings. The second-order valence-electron chi connectivity index (χ2n) is 7.32. The Balaban J connectivity index is 1.66. The zero-order valence-corrected chi connectivity index (χ0v) is 16.9. The maximum atomic E-state index is 12.5. The average Bonchev–Trinajstić information content (AvgIpc) is 3.15. The minimum Gasteiger partial charge on any atom is -0.550 e. The number of carboxylic acids is 1. The quantitative estimate of drug-likeness (QED) is 0.462. The summed E-state index contributed by atoms with van der Waals surface area (Å²) >= 11 is 0. The molecule has 0 aliphatic carbocycles. The van der Waals surface area contributed by atoms with Gasteiger partial charge in [-0.05, 0) is 30.5 Å². The molecule has 0 atom stereocenters. The van der Waals surface area contributed by atoms with Gasteiger partial charge < -0.3 is 24.1 Å². The highest BCUT2D eigenvalue weighted by Gasteiger charge is 2.16. The summed E-state index contributed by atoms with van der Waals surface area (Å²) in [5.74, 6) is -1.57. The first-order valence-corrected chi connectivity index (χ1v) is 9.93. The van der Waals surface area contributed by atoms with Crippen LogP contribution in [0.2, 0.25) is 0 Å². The number of furan rings is 1. The van der Waals surface area contributed by atoms with Crippen LogP contribution in [0.1, 0.15) is 24.0 Å². The van der Waals surface area contributed by atoms with Crippen molar-refractivity contribution < 1.29 is 23.5 Å². The summed E-state index contributed by atoms with van der Waals surface area (Å²) < 4.78 is 11.2. The van der Waals surface area contributed by atoms with Gasteiger partial charge in [-0.3, -0.25) is 4.79 Å². The molecule has 7 heteroatoms. The second-order valence-corrected chi connectivity index (χ2v) is 7.32.